The van der Waals surface area contributed by atoms with Gasteiger partial charge in [0, 0.05) is 16.8 Å². The number of hydrogen-bond donors (Lipinski definition) is 1. The van der Waals surface area contributed by atoms with Crippen molar-refractivity contribution in [2.75, 3.05) is 11.9 Å². The van der Waals surface area contributed by atoms with E-state index < -0.39 is 0 Å². The van der Waals surface area contributed by atoms with E-state index in [4.69, 9.17) is 21.1 Å². The monoisotopic (exact) mass is 345 g/mol. The summed E-state index contributed by atoms with van der Waals surface area (Å²) in [4.78, 5) is 12.0. The third kappa shape index (κ3) is 4.20. The van der Waals surface area contributed by atoms with E-state index >= 15 is 0 Å². The van der Waals surface area contributed by atoms with Crippen molar-refractivity contribution >= 4 is 23.2 Å². The third-order valence-corrected chi connectivity index (χ3v) is 4.13. The van der Waals surface area contributed by atoms with Crippen LogP contribution in [0.15, 0.2) is 42.5 Å². The molecule has 0 fully saturated rings. The van der Waals surface area contributed by atoms with Crippen molar-refractivity contribution in [3.8, 4) is 11.5 Å². The van der Waals surface area contributed by atoms with Crippen LogP contribution in [0.25, 0.3) is 0 Å². The average molecular weight is 346 g/mol. The zero-order chi connectivity index (χ0) is 17.2. The number of carbonyl (C=O) groups excluding carboxylic acids is 1. The van der Waals surface area contributed by atoms with Gasteiger partial charge in [-0.3, -0.25) is 4.79 Å². The average Bonchev–Trinajstić information content (AvgIpc) is 2.51. The first-order chi connectivity index (χ1) is 11.4. The van der Waals surface area contributed by atoms with E-state index in [-0.39, 0.29) is 18.1 Å². The van der Waals surface area contributed by atoms with Gasteiger partial charge in [0.05, 0.1) is 0 Å². The molecule has 2 aromatic carbocycles. The van der Waals surface area contributed by atoms with Crippen LogP contribution in [0.3, 0.4) is 0 Å². The number of benzene rings is 2. The second kappa shape index (κ2) is 6.73. The summed E-state index contributed by atoms with van der Waals surface area (Å²) >= 11 is 5.90. The Morgan fingerprint density at radius 1 is 1.29 bits per heavy atom. The van der Waals surface area contributed by atoms with E-state index in [1.807, 2.05) is 18.2 Å². The lowest BCUT2D eigenvalue weighted by atomic mass is 9.94. The van der Waals surface area contributed by atoms with Gasteiger partial charge in [0.2, 0.25) is 0 Å². The minimum atomic E-state index is -0.240. The smallest absolute Gasteiger partial charge is 0.262 e. The van der Waals surface area contributed by atoms with E-state index in [0.717, 1.165) is 18.6 Å². The number of aryl methyl sites for hydroxylation is 1. The lowest BCUT2D eigenvalue weighted by Gasteiger charge is -2.32. The Labute approximate surface area is 146 Å². The molecule has 126 valence electrons. The molecule has 24 heavy (non-hydrogen) atoms. The molecule has 1 amide bonds. The summed E-state index contributed by atoms with van der Waals surface area (Å²) in [5.74, 6) is 1.21. The summed E-state index contributed by atoms with van der Waals surface area (Å²) in [6.07, 6.45) is 1.97. The standard InChI is InChI=1S/C19H20ClNO3/c1-19(2)9-8-13-6-7-16(11-17(13)24-19)23-12-18(22)21-15-5-3-4-14(20)10-15/h3-7,10-11H,8-9,12H2,1-2H3,(H,21,22). The van der Waals surface area contributed by atoms with Crippen molar-refractivity contribution in [3.63, 3.8) is 0 Å². The lowest BCUT2D eigenvalue weighted by Crippen LogP contribution is -2.32. The maximum Gasteiger partial charge on any atom is 0.262 e. The zero-order valence-corrected chi connectivity index (χ0v) is 14.5. The van der Waals surface area contributed by atoms with Crippen molar-refractivity contribution in [2.45, 2.75) is 32.3 Å². The first-order valence-electron chi connectivity index (χ1n) is 7.91. The molecule has 0 bridgehead atoms. The Morgan fingerprint density at radius 3 is 2.92 bits per heavy atom. The van der Waals surface area contributed by atoms with Gasteiger partial charge in [-0.2, -0.15) is 0 Å². The van der Waals surface area contributed by atoms with Gasteiger partial charge in [-0.15, -0.1) is 0 Å². The predicted octanol–water partition coefficient (Wildman–Crippen LogP) is 4.46. The van der Waals surface area contributed by atoms with Crippen molar-refractivity contribution < 1.29 is 14.3 Å². The molecular formula is C19H20ClNO3. The molecule has 1 aliphatic heterocycles. The Bertz CT molecular complexity index is 758. The fourth-order valence-corrected chi connectivity index (χ4v) is 2.81. The molecule has 1 aliphatic rings. The minimum absolute atomic E-state index is 0.0747. The molecule has 3 rings (SSSR count). The minimum Gasteiger partial charge on any atom is -0.487 e. The topological polar surface area (TPSA) is 47.6 Å². The highest BCUT2D eigenvalue weighted by Gasteiger charge is 2.26. The highest BCUT2D eigenvalue weighted by atomic mass is 35.5. The number of fused-ring (bicyclic) bond motifs is 1. The molecule has 0 radical (unpaired) electrons. The number of carbonyl (C=O) groups is 1. The number of ether oxygens (including phenoxy) is 2. The summed E-state index contributed by atoms with van der Waals surface area (Å²) in [7, 11) is 0. The van der Waals surface area contributed by atoms with Gasteiger partial charge in [0.1, 0.15) is 17.1 Å². The molecular weight excluding hydrogens is 326 g/mol. The van der Waals surface area contributed by atoms with Gasteiger partial charge in [0.25, 0.3) is 5.91 Å². The van der Waals surface area contributed by atoms with Crippen LogP contribution in [0.1, 0.15) is 25.8 Å². The van der Waals surface area contributed by atoms with Gasteiger partial charge in [-0.25, -0.2) is 0 Å². The molecule has 0 atom stereocenters. The molecule has 2 aromatic rings. The lowest BCUT2D eigenvalue weighted by molar-refractivity contribution is -0.118. The fraction of sp³-hybridized carbons (Fsp3) is 0.316. The van der Waals surface area contributed by atoms with Gasteiger partial charge in [-0.1, -0.05) is 23.7 Å². The zero-order valence-electron chi connectivity index (χ0n) is 13.8. The highest BCUT2D eigenvalue weighted by molar-refractivity contribution is 6.30. The summed E-state index contributed by atoms with van der Waals surface area (Å²) in [6, 6.07) is 12.7. The van der Waals surface area contributed by atoms with E-state index in [2.05, 4.69) is 19.2 Å². The van der Waals surface area contributed by atoms with Crippen LogP contribution >= 0.6 is 11.6 Å². The molecule has 4 nitrogen and oxygen atoms in total. The van der Waals surface area contributed by atoms with Gasteiger partial charge < -0.3 is 14.8 Å². The molecule has 0 unspecified atom stereocenters. The summed E-state index contributed by atoms with van der Waals surface area (Å²) < 4.78 is 11.6. The molecule has 0 spiro atoms. The Hall–Kier alpha value is -2.20. The first kappa shape index (κ1) is 16.7. The summed E-state index contributed by atoms with van der Waals surface area (Å²) in [5.41, 5.74) is 1.65. The van der Waals surface area contributed by atoms with E-state index in [1.54, 1.807) is 24.3 Å². The molecule has 0 aromatic heterocycles. The van der Waals surface area contributed by atoms with E-state index in [1.165, 1.54) is 5.56 Å². The number of amides is 1. The van der Waals surface area contributed by atoms with Gasteiger partial charge in [-0.05, 0) is 56.5 Å². The van der Waals surface area contributed by atoms with Crippen LogP contribution < -0.4 is 14.8 Å². The first-order valence-corrected chi connectivity index (χ1v) is 8.29. The third-order valence-electron chi connectivity index (χ3n) is 3.90. The highest BCUT2D eigenvalue weighted by Crippen LogP contribution is 2.35. The van der Waals surface area contributed by atoms with Crippen LogP contribution in [0.4, 0.5) is 5.69 Å². The second-order valence-corrected chi connectivity index (χ2v) is 6.91. The summed E-state index contributed by atoms with van der Waals surface area (Å²) in [5, 5.41) is 3.32. The van der Waals surface area contributed by atoms with Crippen molar-refractivity contribution in [2.24, 2.45) is 0 Å². The van der Waals surface area contributed by atoms with Crippen LogP contribution in [-0.2, 0) is 11.2 Å². The fourth-order valence-electron chi connectivity index (χ4n) is 2.62. The van der Waals surface area contributed by atoms with Gasteiger partial charge in [0.15, 0.2) is 6.61 Å². The van der Waals surface area contributed by atoms with Crippen LogP contribution in [0, 0.1) is 0 Å². The second-order valence-electron chi connectivity index (χ2n) is 6.48. The van der Waals surface area contributed by atoms with Crippen LogP contribution in [0.5, 0.6) is 11.5 Å². The molecule has 1 heterocycles. The van der Waals surface area contributed by atoms with E-state index in [0.29, 0.717) is 16.5 Å². The van der Waals surface area contributed by atoms with Crippen LogP contribution in [0.2, 0.25) is 5.02 Å². The molecule has 0 saturated carbocycles. The quantitative estimate of drug-likeness (QED) is 0.889. The number of halogens is 1. The molecule has 5 heteroatoms. The Morgan fingerprint density at radius 2 is 2.12 bits per heavy atom. The maximum atomic E-state index is 12.0. The number of anilines is 1. The van der Waals surface area contributed by atoms with Crippen molar-refractivity contribution in [1.82, 2.24) is 0 Å². The van der Waals surface area contributed by atoms with Crippen molar-refractivity contribution in [1.29, 1.82) is 0 Å². The summed E-state index contributed by atoms with van der Waals surface area (Å²) in [6.45, 7) is 4.07. The SMILES string of the molecule is CC1(C)CCc2ccc(OCC(=O)Nc3cccc(Cl)c3)cc2O1. The number of nitrogens with one attached hydrogen (secondary N) is 1. The molecule has 1 N–H and O–H groups in total. The molecule has 0 saturated heterocycles. The Kier molecular flexibility index (Phi) is 4.67. The maximum absolute atomic E-state index is 12.0. The van der Waals surface area contributed by atoms with Gasteiger partial charge >= 0.3 is 0 Å². The number of hydrogen-bond acceptors (Lipinski definition) is 3. The van der Waals surface area contributed by atoms with E-state index in [9.17, 15) is 4.79 Å². The molecule has 0 aliphatic carbocycles. The largest absolute Gasteiger partial charge is 0.487 e. The number of rotatable bonds is 4. The van der Waals surface area contributed by atoms with Crippen LogP contribution in [-0.4, -0.2) is 18.1 Å². The Balaban J connectivity index is 1.60. The predicted molar refractivity (Wildman–Crippen MR) is 95.0 cm³/mol. The van der Waals surface area contributed by atoms with Crippen molar-refractivity contribution in [3.05, 3.63) is 53.1 Å². The normalized spacial score (nSPS) is 15.1.